The van der Waals surface area contributed by atoms with Gasteiger partial charge in [-0.15, -0.1) is 0 Å². The first-order valence-electron chi connectivity index (χ1n) is 7.54. The highest BCUT2D eigenvalue weighted by atomic mass is 16.2. The highest BCUT2D eigenvalue weighted by Gasteiger charge is 2.41. The lowest BCUT2D eigenvalue weighted by molar-refractivity contribution is -0.120. The van der Waals surface area contributed by atoms with Crippen molar-refractivity contribution < 1.29 is 4.79 Å². The van der Waals surface area contributed by atoms with Crippen LogP contribution >= 0.6 is 0 Å². The molecule has 2 N–H and O–H groups in total. The molecule has 1 amide bonds. The van der Waals surface area contributed by atoms with Crippen LogP contribution < -0.4 is 10.7 Å². The van der Waals surface area contributed by atoms with E-state index in [4.69, 9.17) is 5.73 Å². The van der Waals surface area contributed by atoms with Gasteiger partial charge >= 0.3 is 0 Å². The highest BCUT2D eigenvalue weighted by molar-refractivity contribution is 6.17. The van der Waals surface area contributed by atoms with Gasteiger partial charge in [-0.05, 0) is 38.4 Å². The number of hydrogen-bond acceptors (Lipinski definition) is 3. The molecule has 0 spiro atoms. The van der Waals surface area contributed by atoms with Crippen molar-refractivity contribution in [3.05, 3.63) is 29.8 Å². The summed E-state index contributed by atoms with van der Waals surface area (Å²) in [6.07, 6.45) is 1.61. The van der Waals surface area contributed by atoms with E-state index in [1.165, 1.54) is 5.56 Å². The second-order valence-electron chi connectivity index (χ2n) is 6.70. The molecule has 1 aliphatic heterocycles. The summed E-state index contributed by atoms with van der Waals surface area (Å²) in [5.74, 6) is -0.0768. The lowest BCUT2D eigenvalue weighted by Gasteiger charge is -2.22. The van der Waals surface area contributed by atoms with Gasteiger partial charge in [-0.3, -0.25) is 4.79 Å². The molecule has 114 valence electrons. The summed E-state index contributed by atoms with van der Waals surface area (Å²) in [5, 5.41) is 6.19. The highest BCUT2D eigenvalue weighted by Crippen LogP contribution is 2.33. The minimum absolute atomic E-state index is 0.0669. The van der Waals surface area contributed by atoms with Gasteiger partial charge in [0.25, 0.3) is 5.91 Å². The topological polar surface area (TPSA) is 58.7 Å². The maximum atomic E-state index is 12.7. The predicted octanol–water partition coefficient (Wildman–Crippen LogP) is 3.10. The number of amides is 1. The molecule has 2 rings (SSSR count). The number of nitrogens with two attached hydrogens (primary N) is 1. The smallest absolute Gasteiger partial charge is 0.256 e. The van der Waals surface area contributed by atoms with Crippen LogP contribution in [-0.2, 0) is 4.79 Å². The molecule has 0 saturated carbocycles. The fourth-order valence-corrected chi connectivity index (χ4v) is 2.62. The van der Waals surface area contributed by atoms with Gasteiger partial charge in [0, 0.05) is 5.41 Å². The van der Waals surface area contributed by atoms with Crippen molar-refractivity contribution in [2.75, 3.05) is 11.6 Å². The molecular weight excluding hydrogens is 262 g/mol. The molecule has 1 aromatic rings. The summed E-state index contributed by atoms with van der Waals surface area (Å²) in [6, 6.07) is 7.90. The molecule has 1 unspecified atom stereocenters. The first kappa shape index (κ1) is 15.7. The van der Waals surface area contributed by atoms with Crippen molar-refractivity contribution in [3.8, 4) is 0 Å². The lowest BCUT2D eigenvalue weighted by atomic mass is 9.80. The lowest BCUT2D eigenvalue weighted by Crippen LogP contribution is -2.32. The summed E-state index contributed by atoms with van der Waals surface area (Å²) in [4.78, 5) is 12.7. The van der Waals surface area contributed by atoms with Crippen LogP contribution in [0, 0.1) is 18.3 Å². The van der Waals surface area contributed by atoms with Gasteiger partial charge in [0.2, 0.25) is 0 Å². The Balaban J connectivity index is 2.33. The molecule has 0 radical (unpaired) electrons. The normalized spacial score (nSPS) is 19.1. The minimum atomic E-state index is -0.144. The van der Waals surface area contributed by atoms with Gasteiger partial charge in [0.1, 0.15) is 0 Å². The number of nitrogens with zero attached hydrogens (tertiary/aromatic N) is 2. The SMILES string of the molecule is Cc1ccc(N2N=C(C(C)(C)C)C(CCCN)C2=O)cc1. The average molecular weight is 287 g/mol. The van der Waals surface area contributed by atoms with E-state index in [0.717, 1.165) is 24.2 Å². The van der Waals surface area contributed by atoms with Crippen molar-refractivity contribution in [2.45, 2.75) is 40.5 Å². The summed E-state index contributed by atoms with van der Waals surface area (Å²) < 4.78 is 0. The Morgan fingerprint density at radius 3 is 2.38 bits per heavy atom. The molecule has 0 aliphatic carbocycles. The van der Waals surface area contributed by atoms with Crippen LogP contribution in [-0.4, -0.2) is 18.2 Å². The largest absolute Gasteiger partial charge is 0.330 e. The van der Waals surface area contributed by atoms with Crippen LogP contribution in [0.1, 0.15) is 39.2 Å². The first-order chi connectivity index (χ1) is 9.84. The van der Waals surface area contributed by atoms with Crippen molar-refractivity contribution in [3.63, 3.8) is 0 Å². The van der Waals surface area contributed by atoms with Crippen molar-refractivity contribution >= 4 is 17.3 Å². The molecule has 1 aliphatic rings. The number of hydrogen-bond donors (Lipinski definition) is 1. The summed E-state index contributed by atoms with van der Waals surface area (Å²) in [5.41, 5.74) is 8.45. The van der Waals surface area contributed by atoms with Gasteiger partial charge in [0.05, 0.1) is 17.3 Å². The third-order valence-electron chi connectivity index (χ3n) is 3.79. The fraction of sp³-hybridized carbons (Fsp3) is 0.529. The zero-order valence-corrected chi connectivity index (χ0v) is 13.4. The number of rotatable bonds is 4. The quantitative estimate of drug-likeness (QED) is 0.925. The maximum absolute atomic E-state index is 12.7. The molecule has 21 heavy (non-hydrogen) atoms. The molecule has 4 heteroatoms. The number of benzene rings is 1. The van der Waals surface area contributed by atoms with E-state index >= 15 is 0 Å². The Hall–Kier alpha value is -1.68. The second kappa shape index (κ2) is 5.98. The Morgan fingerprint density at radius 2 is 1.86 bits per heavy atom. The van der Waals surface area contributed by atoms with E-state index in [0.29, 0.717) is 6.54 Å². The van der Waals surface area contributed by atoms with Crippen LogP contribution in [0.5, 0.6) is 0 Å². The molecule has 0 aromatic heterocycles. The minimum Gasteiger partial charge on any atom is -0.330 e. The second-order valence-corrected chi connectivity index (χ2v) is 6.70. The predicted molar refractivity (Wildman–Crippen MR) is 87.3 cm³/mol. The molecule has 1 atom stereocenters. The number of hydrazone groups is 1. The van der Waals surface area contributed by atoms with E-state index in [-0.39, 0.29) is 17.2 Å². The number of aryl methyl sites for hydroxylation is 1. The van der Waals surface area contributed by atoms with Crippen LogP contribution in [0.25, 0.3) is 0 Å². The summed E-state index contributed by atoms with van der Waals surface area (Å²) in [7, 11) is 0. The third-order valence-corrected chi connectivity index (χ3v) is 3.79. The molecule has 1 aromatic carbocycles. The molecule has 0 bridgehead atoms. The number of anilines is 1. The maximum Gasteiger partial charge on any atom is 0.256 e. The average Bonchev–Trinajstić information content (AvgIpc) is 2.74. The van der Waals surface area contributed by atoms with Gasteiger partial charge in [0.15, 0.2) is 0 Å². The Bertz CT molecular complexity index is 540. The van der Waals surface area contributed by atoms with Crippen LogP contribution in [0.3, 0.4) is 0 Å². The van der Waals surface area contributed by atoms with Gasteiger partial charge < -0.3 is 5.73 Å². The Labute approximate surface area is 127 Å². The fourth-order valence-electron chi connectivity index (χ4n) is 2.62. The van der Waals surface area contributed by atoms with Crippen molar-refractivity contribution in [1.82, 2.24) is 0 Å². The Kier molecular flexibility index (Phi) is 4.47. The van der Waals surface area contributed by atoms with Crippen molar-refractivity contribution in [1.29, 1.82) is 0 Å². The monoisotopic (exact) mass is 287 g/mol. The zero-order valence-electron chi connectivity index (χ0n) is 13.4. The zero-order chi connectivity index (χ0) is 15.6. The van der Waals surface area contributed by atoms with Crippen molar-refractivity contribution in [2.24, 2.45) is 22.2 Å². The number of carbonyl (C=O) groups is 1. The van der Waals surface area contributed by atoms with Gasteiger partial charge in [-0.25, -0.2) is 5.01 Å². The Morgan fingerprint density at radius 1 is 1.24 bits per heavy atom. The van der Waals surface area contributed by atoms with Crippen LogP contribution in [0.15, 0.2) is 29.4 Å². The molecular formula is C17H25N3O. The molecule has 0 fully saturated rings. The van der Waals surface area contributed by atoms with E-state index in [1.54, 1.807) is 5.01 Å². The summed E-state index contributed by atoms with van der Waals surface area (Å²) in [6.45, 7) is 8.95. The number of carbonyl (C=O) groups excluding carboxylic acids is 1. The van der Waals surface area contributed by atoms with Crippen LogP contribution in [0.4, 0.5) is 5.69 Å². The van der Waals surface area contributed by atoms with Gasteiger partial charge in [-0.2, -0.15) is 5.10 Å². The van der Waals surface area contributed by atoms with E-state index in [1.807, 2.05) is 31.2 Å². The molecule has 4 nitrogen and oxygen atoms in total. The van der Waals surface area contributed by atoms with E-state index in [9.17, 15) is 4.79 Å². The van der Waals surface area contributed by atoms with E-state index < -0.39 is 0 Å². The molecule has 0 saturated heterocycles. The van der Waals surface area contributed by atoms with Crippen LogP contribution in [0.2, 0.25) is 0 Å². The van der Waals surface area contributed by atoms with E-state index in [2.05, 4.69) is 25.9 Å². The standard InChI is InChI=1S/C17H25N3O/c1-12-7-9-13(10-8-12)20-16(21)14(6-5-11-18)15(19-20)17(2,3)4/h7-10,14H,5-6,11,18H2,1-4H3. The molecule has 1 heterocycles. The van der Waals surface area contributed by atoms with Gasteiger partial charge in [-0.1, -0.05) is 38.5 Å². The first-order valence-corrected chi connectivity index (χ1v) is 7.54. The third kappa shape index (κ3) is 3.32. The summed E-state index contributed by atoms with van der Waals surface area (Å²) >= 11 is 0.